The fourth-order valence-corrected chi connectivity index (χ4v) is 0.939. The number of amides is 2. The Bertz CT molecular complexity index is 353. The molecule has 0 bridgehead atoms. The van der Waals surface area contributed by atoms with Crippen LogP contribution in [-0.2, 0) is 16.1 Å². The number of aromatic nitrogens is 3. The number of H-pyrrole nitrogens is 1. The Labute approximate surface area is 96.6 Å². The van der Waals surface area contributed by atoms with Gasteiger partial charge in [0.05, 0.1) is 13.2 Å². The van der Waals surface area contributed by atoms with Crippen molar-refractivity contribution in [2.45, 2.75) is 6.54 Å². The molecule has 1 heterocycles. The van der Waals surface area contributed by atoms with Crippen molar-refractivity contribution < 1.29 is 19.4 Å². The molecule has 94 valence electrons. The number of urea groups is 1. The van der Waals surface area contributed by atoms with Gasteiger partial charge in [0.2, 0.25) is 0 Å². The molecule has 0 unspecified atom stereocenters. The van der Waals surface area contributed by atoms with E-state index in [0.717, 1.165) is 0 Å². The minimum absolute atomic E-state index is 0.141. The molecule has 0 saturated carbocycles. The molecule has 0 fully saturated rings. The first kappa shape index (κ1) is 12.9. The van der Waals surface area contributed by atoms with Gasteiger partial charge in [0, 0.05) is 6.54 Å². The number of carboxylic acids is 1. The van der Waals surface area contributed by atoms with E-state index in [4.69, 9.17) is 9.84 Å². The first-order chi connectivity index (χ1) is 8.18. The summed E-state index contributed by atoms with van der Waals surface area (Å²) in [5.74, 6) is -0.498. The monoisotopic (exact) mass is 243 g/mol. The molecule has 0 radical (unpaired) electrons. The lowest BCUT2D eigenvalue weighted by atomic mass is 10.6. The summed E-state index contributed by atoms with van der Waals surface area (Å²) < 4.78 is 4.73. The fraction of sp³-hybridized carbons (Fsp3) is 0.500. The molecule has 1 aromatic heterocycles. The minimum atomic E-state index is -1.04. The molecule has 0 aliphatic heterocycles. The van der Waals surface area contributed by atoms with Crippen LogP contribution in [0.15, 0.2) is 6.33 Å². The summed E-state index contributed by atoms with van der Waals surface area (Å²) in [5, 5.41) is 19.5. The standard InChI is InChI=1S/C8H13N5O4/c14-7(15)4-17-2-1-9-8(16)10-3-6-11-5-12-13-6/h5H,1-4H2,(H,14,15)(H2,9,10,16)(H,11,12,13). The van der Waals surface area contributed by atoms with Gasteiger partial charge >= 0.3 is 12.0 Å². The summed E-state index contributed by atoms with van der Waals surface area (Å²) in [7, 11) is 0. The highest BCUT2D eigenvalue weighted by atomic mass is 16.5. The molecule has 1 aromatic rings. The molecule has 4 N–H and O–H groups in total. The molecule has 0 atom stereocenters. The number of ether oxygens (including phenoxy) is 1. The van der Waals surface area contributed by atoms with Gasteiger partial charge in [0.15, 0.2) is 0 Å². The summed E-state index contributed by atoms with van der Waals surface area (Å²) in [6, 6.07) is -0.389. The maximum Gasteiger partial charge on any atom is 0.329 e. The zero-order valence-electron chi connectivity index (χ0n) is 8.97. The highest BCUT2D eigenvalue weighted by Crippen LogP contribution is 1.83. The molecule has 0 saturated heterocycles. The second-order valence-electron chi connectivity index (χ2n) is 2.99. The summed E-state index contributed by atoms with van der Waals surface area (Å²) in [5.41, 5.74) is 0. The smallest absolute Gasteiger partial charge is 0.329 e. The van der Waals surface area contributed by atoms with E-state index in [-0.39, 0.29) is 32.3 Å². The molecule has 0 aromatic carbocycles. The third-order valence-corrected chi connectivity index (χ3v) is 1.64. The van der Waals surface area contributed by atoms with Gasteiger partial charge in [0.1, 0.15) is 18.8 Å². The molecule has 0 spiro atoms. The largest absolute Gasteiger partial charge is 0.480 e. The Kier molecular flexibility index (Phi) is 5.44. The zero-order valence-corrected chi connectivity index (χ0v) is 8.97. The lowest BCUT2D eigenvalue weighted by Gasteiger charge is -2.05. The molecule has 0 aliphatic carbocycles. The number of nitrogens with zero attached hydrogens (tertiary/aromatic N) is 2. The third-order valence-electron chi connectivity index (χ3n) is 1.64. The van der Waals surface area contributed by atoms with E-state index in [1.165, 1.54) is 6.33 Å². The molecular formula is C8H13N5O4. The first-order valence-corrected chi connectivity index (χ1v) is 4.84. The van der Waals surface area contributed by atoms with Gasteiger partial charge in [-0.2, -0.15) is 5.10 Å². The maximum absolute atomic E-state index is 11.2. The van der Waals surface area contributed by atoms with Gasteiger partial charge in [0.25, 0.3) is 0 Å². The number of carbonyl (C=O) groups excluding carboxylic acids is 1. The Morgan fingerprint density at radius 1 is 1.47 bits per heavy atom. The van der Waals surface area contributed by atoms with Crippen LogP contribution in [0.4, 0.5) is 4.79 Å². The van der Waals surface area contributed by atoms with Crippen LogP contribution in [-0.4, -0.2) is 52.0 Å². The fourth-order valence-electron chi connectivity index (χ4n) is 0.939. The summed E-state index contributed by atoms with van der Waals surface area (Å²) >= 11 is 0. The van der Waals surface area contributed by atoms with Crippen molar-refractivity contribution >= 4 is 12.0 Å². The molecule has 1 rings (SSSR count). The SMILES string of the molecule is O=C(O)COCCNC(=O)NCc1ncn[nH]1. The van der Waals surface area contributed by atoms with Gasteiger partial charge in [-0.3, -0.25) is 5.10 Å². The lowest BCUT2D eigenvalue weighted by Crippen LogP contribution is -2.37. The number of nitrogens with one attached hydrogen (secondary N) is 3. The first-order valence-electron chi connectivity index (χ1n) is 4.84. The van der Waals surface area contributed by atoms with Crippen LogP contribution in [0.3, 0.4) is 0 Å². The normalized spacial score (nSPS) is 9.88. The average molecular weight is 243 g/mol. The van der Waals surface area contributed by atoms with Crippen molar-refractivity contribution in [2.75, 3.05) is 19.8 Å². The van der Waals surface area contributed by atoms with Crippen molar-refractivity contribution in [1.82, 2.24) is 25.8 Å². The van der Waals surface area contributed by atoms with Crippen LogP contribution in [0, 0.1) is 0 Å². The summed E-state index contributed by atoms with van der Waals surface area (Å²) in [4.78, 5) is 25.1. The third kappa shape index (κ3) is 6.10. The molecule has 2 amide bonds. The van der Waals surface area contributed by atoms with Crippen LogP contribution >= 0.6 is 0 Å². The second-order valence-corrected chi connectivity index (χ2v) is 2.99. The number of hydrogen-bond acceptors (Lipinski definition) is 5. The van der Waals surface area contributed by atoms with Crippen LogP contribution in [0.1, 0.15) is 5.82 Å². The van der Waals surface area contributed by atoms with Crippen molar-refractivity contribution in [1.29, 1.82) is 0 Å². The minimum Gasteiger partial charge on any atom is -0.480 e. The Balaban J connectivity index is 2.00. The highest BCUT2D eigenvalue weighted by molar-refractivity contribution is 5.73. The van der Waals surface area contributed by atoms with E-state index in [2.05, 4.69) is 25.8 Å². The van der Waals surface area contributed by atoms with E-state index in [0.29, 0.717) is 5.82 Å². The summed E-state index contributed by atoms with van der Waals surface area (Å²) in [6.07, 6.45) is 1.34. The van der Waals surface area contributed by atoms with E-state index >= 15 is 0 Å². The number of carbonyl (C=O) groups is 2. The average Bonchev–Trinajstić information content (AvgIpc) is 2.78. The Morgan fingerprint density at radius 3 is 2.94 bits per heavy atom. The predicted octanol–water partition coefficient (Wildman–Crippen LogP) is -1.29. The van der Waals surface area contributed by atoms with E-state index in [9.17, 15) is 9.59 Å². The molecule has 17 heavy (non-hydrogen) atoms. The van der Waals surface area contributed by atoms with E-state index in [1.54, 1.807) is 0 Å². The lowest BCUT2D eigenvalue weighted by molar-refractivity contribution is -0.142. The topological polar surface area (TPSA) is 129 Å². The van der Waals surface area contributed by atoms with Gasteiger partial charge in [-0.15, -0.1) is 0 Å². The van der Waals surface area contributed by atoms with Crippen LogP contribution < -0.4 is 10.6 Å². The highest BCUT2D eigenvalue weighted by Gasteiger charge is 2.01. The molecule has 0 aliphatic rings. The van der Waals surface area contributed by atoms with Crippen molar-refractivity contribution in [2.24, 2.45) is 0 Å². The second kappa shape index (κ2) is 7.17. The van der Waals surface area contributed by atoms with Crippen LogP contribution in [0.5, 0.6) is 0 Å². The van der Waals surface area contributed by atoms with Gasteiger partial charge in [-0.1, -0.05) is 0 Å². The van der Waals surface area contributed by atoms with Crippen molar-refractivity contribution in [3.05, 3.63) is 12.2 Å². The predicted molar refractivity (Wildman–Crippen MR) is 55.1 cm³/mol. The molecule has 9 nitrogen and oxygen atoms in total. The Hall–Kier alpha value is -2.16. The number of hydrogen-bond donors (Lipinski definition) is 4. The van der Waals surface area contributed by atoms with Crippen molar-refractivity contribution in [3.8, 4) is 0 Å². The number of carboxylic acid groups (broad SMARTS) is 1. The van der Waals surface area contributed by atoms with E-state index < -0.39 is 5.97 Å². The number of aromatic amines is 1. The van der Waals surface area contributed by atoms with Crippen molar-refractivity contribution in [3.63, 3.8) is 0 Å². The Morgan fingerprint density at radius 2 is 2.29 bits per heavy atom. The molecular weight excluding hydrogens is 230 g/mol. The summed E-state index contributed by atoms with van der Waals surface area (Å²) in [6.45, 7) is 0.237. The number of aliphatic carboxylic acids is 1. The van der Waals surface area contributed by atoms with Gasteiger partial charge in [-0.05, 0) is 0 Å². The van der Waals surface area contributed by atoms with Crippen LogP contribution in [0.2, 0.25) is 0 Å². The van der Waals surface area contributed by atoms with Gasteiger partial charge < -0.3 is 20.5 Å². The quantitative estimate of drug-likeness (QED) is 0.441. The molecule has 9 heteroatoms. The zero-order chi connectivity index (χ0) is 12.5. The van der Waals surface area contributed by atoms with Crippen LogP contribution in [0.25, 0.3) is 0 Å². The maximum atomic E-state index is 11.2. The van der Waals surface area contributed by atoms with E-state index in [1.807, 2.05) is 0 Å². The van der Waals surface area contributed by atoms with Gasteiger partial charge in [-0.25, -0.2) is 14.6 Å². The number of rotatable bonds is 7.